The number of anilines is 1. The van der Waals surface area contributed by atoms with E-state index in [4.69, 9.17) is 0 Å². The van der Waals surface area contributed by atoms with Gasteiger partial charge in [0.05, 0.1) is 19.0 Å². The number of rotatable bonds is 4. The van der Waals surface area contributed by atoms with Crippen LogP contribution in [0.2, 0.25) is 0 Å². The molecule has 0 aliphatic carbocycles. The van der Waals surface area contributed by atoms with Gasteiger partial charge >= 0.3 is 5.97 Å². The van der Waals surface area contributed by atoms with Crippen molar-refractivity contribution in [3.05, 3.63) is 78.1 Å². The summed E-state index contributed by atoms with van der Waals surface area (Å²) in [6, 6.07) is 10.6. The van der Waals surface area contributed by atoms with Gasteiger partial charge in [-0.05, 0) is 42.5 Å². The number of halogens is 1. The van der Waals surface area contributed by atoms with Crippen LogP contribution in [0, 0.1) is 5.82 Å². The predicted molar refractivity (Wildman–Crippen MR) is 89.3 cm³/mol. The van der Waals surface area contributed by atoms with E-state index in [9.17, 15) is 14.0 Å². The fourth-order valence-electron chi connectivity index (χ4n) is 2.27. The Labute approximate surface area is 142 Å². The Morgan fingerprint density at radius 2 is 1.92 bits per heavy atom. The molecule has 0 unspecified atom stereocenters. The van der Waals surface area contributed by atoms with Crippen LogP contribution in [0.5, 0.6) is 0 Å². The van der Waals surface area contributed by atoms with Crippen LogP contribution >= 0.6 is 0 Å². The molecule has 0 radical (unpaired) electrons. The minimum absolute atomic E-state index is 0.190. The highest BCUT2D eigenvalue weighted by Gasteiger charge is 2.13. The lowest BCUT2D eigenvalue weighted by Gasteiger charge is -2.08. The fraction of sp³-hybridized carbons (Fsp3) is 0.0556. The number of carbonyl (C=O) groups is 2. The minimum Gasteiger partial charge on any atom is -0.465 e. The van der Waals surface area contributed by atoms with Crippen molar-refractivity contribution in [1.29, 1.82) is 0 Å². The lowest BCUT2D eigenvalue weighted by molar-refractivity contribution is 0.0595. The molecular weight excluding hydrogens is 325 g/mol. The predicted octanol–water partition coefficient (Wildman–Crippen LogP) is 3.05. The van der Waals surface area contributed by atoms with Gasteiger partial charge in [-0.25, -0.2) is 14.2 Å². The third-order valence-corrected chi connectivity index (χ3v) is 3.56. The van der Waals surface area contributed by atoms with Crippen molar-refractivity contribution in [1.82, 2.24) is 9.55 Å². The summed E-state index contributed by atoms with van der Waals surface area (Å²) in [5.41, 5.74) is 1.34. The van der Waals surface area contributed by atoms with Crippen molar-refractivity contribution >= 4 is 17.6 Å². The maximum absolute atomic E-state index is 13.9. The average Bonchev–Trinajstić information content (AvgIpc) is 3.16. The molecule has 0 saturated carbocycles. The van der Waals surface area contributed by atoms with Gasteiger partial charge in [0.2, 0.25) is 0 Å². The number of nitrogens with one attached hydrogen (secondary N) is 1. The number of imidazole rings is 1. The number of esters is 1. The third kappa shape index (κ3) is 3.55. The van der Waals surface area contributed by atoms with E-state index in [1.807, 2.05) is 4.57 Å². The Hall–Kier alpha value is -3.48. The van der Waals surface area contributed by atoms with E-state index >= 15 is 0 Å². The second kappa shape index (κ2) is 6.96. The molecule has 0 atom stereocenters. The lowest BCUT2D eigenvalue weighted by Crippen LogP contribution is -2.13. The lowest BCUT2D eigenvalue weighted by atomic mass is 10.1. The van der Waals surface area contributed by atoms with E-state index < -0.39 is 11.8 Å². The number of methoxy groups -OCH3 is 1. The van der Waals surface area contributed by atoms with Gasteiger partial charge in [0, 0.05) is 29.3 Å². The van der Waals surface area contributed by atoms with Crippen molar-refractivity contribution in [2.24, 2.45) is 0 Å². The number of nitrogens with zero attached hydrogens (tertiary/aromatic N) is 2. The SMILES string of the molecule is COC(=O)c1ccc(NC(=O)c2ccc(-n3ccnc3)cc2)cc1F. The van der Waals surface area contributed by atoms with Crippen LogP contribution in [0.1, 0.15) is 20.7 Å². The van der Waals surface area contributed by atoms with Gasteiger partial charge in [-0.15, -0.1) is 0 Å². The topological polar surface area (TPSA) is 73.2 Å². The van der Waals surface area contributed by atoms with Gasteiger partial charge in [0.15, 0.2) is 0 Å². The van der Waals surface area contributed by atoms with Crippen molar-refractivity contribution in [3.8, 4) is 5.69 Å². The molecule has 1 aromatic heterocycles. The first-order chi connectivity index (χ1) is 12.1. The highest BCUT2D eigenvalue weighted by Crippen LogP contribution is 2.17. The van der Waals surface area contributed by atoms with Crippen LogP contribution in [-0.2, 0) is 4.74 Å². The van der Waals surface area contributed by atoms with Crippen molar-refractivity contribution in [2.45, 2.75) is 0 Å². The molecule has 3 rings (SSSR count). The molecule has 1 amide bonds. The minimum atomic E-state index is -0.773. The number of carbonyl (C=O) groups excluding carboxylic acids is 2. The normalized spacial score (nSPS) is 10.3. The van der Waals surface area contributed by atoms with Gasteiger partial charge in [-0.2, -0.15) is 0 Å². The summed E-state index contributed by atoms with van der Waals surface area (Å²) in [5.74, 6) is -1.92. The number of amides is 1. The first kappa shape index (κ1) is 16.4. The second-order valence-corrected chi connectivity index (χ2v) is 5.16. The average molecular weight is 339 g/mol. The molecule has 0 spiro atoms. The van der Waals surface area contributed by atoms with E-state index in [2.05, 4.69) is 15.0 Å². The molecule has 25 heavy (non-hydrogen) atoms. The summed E-state index contributed by atoms with van der Waals surface area (Å²) in [4.78, 5) is 27.6. The van der Waals surface area contributed by atoms with Crippen molar-refractivity contribution in [2.75, 3.05) is 12.4 Å². The summed E-state index contributed by atoms with van der Waals surface area (Å²) >= 11 is 0. The first-order valence-corrected chi connectivity index (χ1v) is 7.36. The molecule has 7 heteroatoms. The molecule has 6 nitrogen and oxygen atoms in total. The quantitative estimate of drug-likeness (QED) is 0.742. The Kier molecular flexibility index (Phi) is 4.56. The Bertz CT molecular complexity index is 906. The van der Waals surface area contributed by atoms with Gasteiger partial charge in [-0.3, -0.25) is 4.79 Å². The molecule has 0 fully saturated rings. The molecule has 126 valence electrons. The van der Waals surface area contributed by atoms with Crippen LogP contribution in [0.4, 0.5) is 10.1 Å². The van der Waals surface area contributed by atoms with E-state index in [-0.39, 0.29) is 17.2 Å². The van der Waals surface area contributed by atoms with Gasteiger partial charge in [0.1, 0.15) is 5.82 Å². The number of ether oxygens (including phenoxy) is 1. The summed E-state index contributed by atoms with van der Waals surface area (Å²) < 4.78 is 20.2. The van der Waals surface area contributed by atoms with Gasteiger partial charge in [-0.1, -0.05) is 0 Å². The molecule has 1 heterocycles. The zero-order chi connectivity index (χ0) is 17.8. The van der Waals surface area contributed by atoms with Crippen LogP contribution in [0.3, 0.4) is 0 Å². The molecule has 0 bridgehead atoms. The van der Waals surface area contributed by atoms with Gasteiger partial charge in [0.25, 0.3) is 5.91 Å². The highest BCUT2D eigenvalue weighted by atomic mass is 19.1. The molecular formula is C18H14FN3O3. The molecule has 0 saturated heterocycles. The largest absolute Gasteiger partial charge is 0.465 e. The molecule has 0 aliphatic heterocycles. The standard InChI is InChI=1S/C18H14FN3O3/c1-25-18(24)15-7-4-13(10-16(15)19)21-17(23)12-2-5-14(6-3-12)22-9-8-20-11-22/h2-11H,1H3,(H,21,23). The number of aromatic nitrogens is 2. The maximum atomic E-state index is 13.9. The van der Waals surface area contributed by atoms with E-state index in [0.29, 0.717) is 5.56 Å². The van der Waals surface area contributed by atoms with Crippen LogP contribution < -0.4 is 5.32 Å². The van der Waals surface area contributed by atoms with Crippen molar-refractivity contribution in [3.63, 3.8) is 0 Å². The van der Waals surface area contributed by atoms with E-state index in [1.54, 1.807) is 43.0 Å². The Morgan fingerprint density at radius 3 is 2.52 bits per heavy atom. The smallest absolute Gasteiger partial charge is 0.340 e. The monoisotopic (exact) mass is 339 g/mol. The number of benzene rings is 2. The Morgan fingerprint density at radius 1 is 1.16 bits per heavy atom. The summed E-state index contributed by atoms with van der Waals surface area (Å²) in [7, 11) is 1.17. The number of hydrogen-bond acceptors (Lipinski definition) is 4. The third-order valence-electron chi connectivity index (χ3n) is 3.56. The zero-order valence-corrected chi connectivity index (χ0v) is 13.3. The molecule has 1 N–H and O–H groups in total. The van der Waals surface area contributed by atoms with Gasteiger partial charge < -0.3 is 14.6 Å². The summed E-state index contributed by atoms with van der Waals surface area (Å²) in [6.07, 6.45) is 5.11. The molecule has 3 aromatic rings. The maximum Gasteiger partial charge on any atom is 0.340 e. The van der Waals surface area contributed by atoms with Crippen LogP contribution in [0.25, 0.3) is 5.69 Å². The van der Waals surface area contributed by atoms with E-state index in [1.165, 1.54) is 19.2 Å². The summed E-state index contributed by atoms with van der Waals surface area (Å²) in [6.45, 7) is 0. The van der Waals surface area contributed by atoms with Crippen molar-refractivity contribution < 1.29 is 18.7 Å². The molecule has 0 aliphatic rings. The second-order valence-electron chi connectivity index (χ2n) is 5.16. The number of hydrogen-bond donors (Lipinski definition) is 1. The van der Waals surface area contributed by atoms with Crippen LogP contribution in [0.15, 0.2) is 61.2 Å². The summed E-state index contributed by atoms with van der Waals surface area (Å²) in [5, 5.41) is 2.59. The highest BCUT2D eigenvalue weighted by molar-refractivity contribution is 6.04. The fourth-order valence-corrected chi connectivity index (χ4v) is 2.27. The Balaban J connectivity index is 1.74. The first-order valence-electron chi connectivity index (χ1n) is 7.36. The van der Waals surface area contributed by atoms with E-state index in [0.717, 1.165) is 11.8 Å². The molecule has 2 aromatic carbocycles. The zero-order valence-electron chi connectivity index (χ0n) is 13.3. The van der Waals surface area contributed by atoms with Crippen LogP contribution in [-0.4, -0.2) is 28.5 Å².